The third kappa shape index (κ3) is 2.26. The van der Waals surface area contributed by atoms with E-state index in [9.17, 15) is 15.3 Å². The second kappa shape index (κ2) is 5.73. The van der Waals surface area contributed by atoms with Gasteiger partial charge in [0.1, 0.15) is 0 Å². The smallest absolute Gasteiger partial charge is 0.163 e. The predicted molar refractivity (Wildman–Crippen MR) is 104 cm³/mol. The predicted octanol–water partition coefficient (Wildman–Crippen LogP) is 2.85. The molecule has 2 bridgehead atoms. The van der Waals surface area contributed by atoms with Gasteiger partial charge in [-0.1, -0.05) is 13.8 Å². The van der Waals surface area contributed by atoms with Gasteiger partial charge in [0.05, 0.1) is 31.0 Å². The van der Waals surface area contributed by atoms with E-state index in [1.807, 2.05) is 13.8 Å². The molecule has 0 aromatic carbocycles. The molecular formula is C23H38O5. The van der Waals surface area contributed by atoms with Crippen LogP contribution in [0.1, 0.15) is 72.6 Å². The van der Waals surface area contributed by atoms with Crippen molar-refractivity contribution in [3.05, 3.63) is 0 Å². The van der Waals surface area contributed by atoms with Crippen LogP contribution in [0.2, 0.25) is 0 Å². The van der Waals surface area contributed by atoms with Crippen molar-refractivity contribution in [1.29, 1.82) is 0 Å². The van der Waals surface area contributed by atoms with Crippen LogP contribution in [0.15, 0.2) is 0 Å². The lowest BCUT2D eigenvalue weighted by Crippen LogP contribution is -2.69. The fraction of sp³-hybridized carbons (Fsp3) is 1.00. The third-order valence-corrected chi connectivity index (χ3v) is 10.3. The molecule has 0 aromatic rings. The Kier molecular flexibility index (Phi) is 4.04. The fourth-order valence-corrected chi connectivity index (χ4v) is 8.91. The number of hydrogen-bond acceptors (Lipinski definition) is 5. The zero-order valence-electron chi connectivity index (χ0n) is 17.9. The van der Waals surface area contributed by atoms with Gasteiger partial charge in [0.25, 0.3) is 0 Å². The molecule has 4 aliphatic carbocycles. The van der Waals surface area contributed by atoms with Gasteiger partial charge in [-0.2, -0.15) is 0 Å². The van der Waals surface area contributed by atoms with Crippen molar-refractivity contribution < 1.29 is 24.8 Å². The molecule has 1 aliphatic heterocycles. The van der Waals surface area contributed by atoms with Crippen molar-refractivity contribution in [2.45, 2.75) is 96.2 Å². The van der Waals surface area contributed by atoms with Crippen LogP contribution in [0.3, 0.4) is 0 Å². The van der Waals surface area contributed by atoms with Crippen molar-refractivity contribution >= 4 is 0 Å². The van der Waals surface area contributed by atoms with Crippen molar-refractivity contribution in [1.82, 2.24) is 0 Å². The first-order chi connectivity index (χ1) is 13.0. The van der Waals surface area contributed by atoms with E-state index >= 15 is 0 Å². The summed E-state index contributed by atoms with van der Waals surface area (Å²) in [5, 5.41) is 32.3. The lowest BCUT2D eigenvalue weighted by Gasteiger charge is -2.69. The van der Waals surface area contributed by atoms with Crippen LogP contribution >= 0.6 is 0 Å². The Balaban J connectivity index is 1.55. The Morgan fingerprint density at radius 2 is 1.75 bits per heavy atom. The molecule has 5 nitrogen and oxygen atoms in total. The first-order valence-electron chi connectivity index (χ1n) is 11.3. The molecule has 0 amide bonds. The molecule has 5 fully saturated rings. The van der Waals surface area contributed by atoms with E-state index in [1.165, 1.54) is 0 Å². The van der Waals surface area contributed by atoms with Crippen molar-refractivity contribution in [2.75, 3.05) is 13.2 Å². The number of aliphatic hydroxyl groups is 3. The van der Waals surface area contributed by atoms with Crippen LogP contribution < -0.4 is 0 Å². The topological polar surface area (TPSA) is 79.2 Å². The van der Waals surface area contributed by atoms with Gasteiger partial charge in [-0.25, -0.2) is 0 Å². The van der Waals surface area contributed by atoms with Gasteiger partial charge in [0.2, 0.25) is 0 Å². The second-order valence-electron chi connectivity index (χ2n) is 11.8. The van der Waals surface area contributed by atoms with E-state index in [2.05, 4.69) is 13.8 Å². The highest BCUT2D eigenvalue weighted by atomic mass is 16.7. The molecule has 1 saturated heterocycles. The van der Waals surface area contributed by atoms with Crippen LogP contribution in [0, 0.1) is 34.0 Å². The maximum atomic E-state index is 11.4. The van der Waals surface area contributed by atoms with Gasteiger partial charge < -0.3 is 24.8 Å². The first kappa shape index (κ1) is 19.7. The number of fused-ring (bicyclic) bond motifs is 4. The minimum absolute atomic E-state index is 0.0142. The van der Waals surface area contributed by atoms with Crippen LogP contribution in [0.4, 0.5) is 0 Å². The number of hydrogen-bond donors (Lipinski definition) is 3. The molecule has 1 spiro atoms. The fourth-order valence-electron chi connectivity index (χ4n) is 8.91. The van der Waals surface area contributed by atoms with Gasteiger partial charge >= 0.3 is 0 Å². The maximum Gasteiger partial charge on any atom is 0.163 e. The van der Waals surface area contributed by atoms with Gasteiger partial charge in [-0.3, -0.25) is 0 Å². The normalized spacial score (nSPS) is 59.9. The highest BCUT2D eigenvalue weighted by Gasteiger charge is 2.73. The summed E-state index contributed by atoms with van der Waals surface area (Å²) in [6.07, 6.45) is 6.21. The van der Waals surface area contributed by atoms with Gasteiger partial charge in [-0.05, 0) is 81.5 Å². The first-order valence-corrected chi connectivity index (χ1v) is 11.3. The Hall–Kier alpha value is -0.200. The lowest BCUT2D eigenvalue weighted by atomic mass is 9.38. The Morgan fingerprint density at radius 3 is 2.46 bits per heavy atom. The van der Waals surface area contributed by atoms with E-state index in [4.69, 9.17) is 9.47 Å². The lowest BCUT2D eigenvalue weighted by molar-refractivity contribution is -0.361. The summed E-state index contributed by atoms with van der Waals surface area (Å²) in [4.78, 5) is 0. The average Bonchev–Trinajstić information content (AvgIpc) is 2.96. The molecule has 9 atom stereocenters. The second-order valence-corrected chi connectivity index (χ2v) is 11.8. The minimum atomic E-state index is -0.929. The summed E-state index contributed by atoms with van der Waals surface area (Å²) in [6, 6.07) is 0. The number of rotatable bonds is 1. The van der Waals surface area contributed by atoms with Crippen LogP contribution in [0.5, 0.6) is 0 Å². The van der Waals surface area contributed by atoms with Crippen LogP contribution in [-0.2, 0) is 9.47 Å². The molecule has 1 heterocycles. The van der Waals surface area contributed by atoms with Gasteiger partial charge in [-0.15, -0.1) is 0 Å². The molecule has 28 heavy (non-hydrogen) atoms. The van der Waals surface area contributed by atoms with Crippen molar-refractivity contribution in [3.8, 4) is 0 Å². The molecule has 3 N–H and O–H groups in total. The average molecular weight is 395 g/mol. The zero-order valence-corrected chi connectivity index (χ0v) is 17.9. The Morgan fingerprint density at radius 1 is 1.00 bits per heavy atom. The standard InChI is InChI=1S/C23H38O5/c1-19(2)27-13-20(3)17(28-19)5-6-21(4)18(20)16(25)10-14-9-15-11-22(14,21)7-8-23(15,26)12-24/h14-18,24-26H,5-13H2,1-4H3/t14-,15-,16+,17-,18+,20-,21+,22+,23+/m1/s1. The highest BCUT2D eigenvalue weighted by Crippen LogP contribution is 2.75. The minimum Gasteiger partial charge on any atom is -0.393 e. The molecule has 4 saturated carbocycles. The zero-order chi connectivity index (χ0) is 20.2. The Bertz CT molecular complexity index is 665. The molecule has 5 heteroatoms. The van der Waals surface area contributed by atoms with E-state index in [1.54, 1.807) is 0 Å². The van der Waals surface area contributed by atoms with Crippen LogP contribution in [-0.4, -0.2) is 52.1 Å². The summed E-state index contributed by atoms with van der Waals surface area (Å²) in [5.74, 6) is 0.183. The van der Waals surface area contributed by atoms with E-state index < -0.39 is 11.4 Å². The van der Waals surface area contributed by atoms with Crippen LogP contribution in [0.25, 0.3) is 0 Å². The SMILES string of the molecule is CC1(C)OC[C@]2(C)[C@@H](CC[C@@]3(C)[C@H]2[C@@H](O)C[C@H]2C[C@@H]4C[C@@]23CC[C@]4(O)CO)O1. The number of aliphatic hydroxyl groups excluding tert-OH is 2. The molecule has 0 unspecified atom stereocenters. The molecule has 5 aliphatic rings. The van der Waals surface area contributed by atoms with Crippen molar-refractivity contribution in [2.24, 2.45) is 34.0 Å². The molecule has 5 rings (SSSR count). The summed E-state index contributed by atoms with van der Waals surface area (Å²) in [6.45, 7) is 9.16. The van der Waals surface area contributed by atoms with E-state index in [-0.39, 0.29) is 46.9 Å². The Labute approximate surface area is 168 Å². The van der Waals surface area contributed by atoms with Gasteiger partial charge in [0.15, 0.2) is 5.79 Å². The van der Waals surface area contributed by atoms with E-state index in [0.717, 1.165) is 38.5 Å². The van der Waals surface area contributed by atoms with Gasteiger partial charge in [0, 0.05) is 11.3 Å². The summed E-state index contributed by atoms with van der Waals surface area (Å²) in [5.41, 5.74) is -0.948. The summed E-state index contributed by atoms with van der Waals surface area (Å²) in [7, 11) is 0. The molecule has 0 aromatic heterocycles. The molecular weight excluding hydrogens is 356 g/mol. The quantitative estimate of drug-likeness (QED) is 0.637. The summed E-state index contributed by atoms with van der Waals surface area (Å²) < 4.78 is 12.5. The summed E-state index contributed by atoms with van der Waals surface area (Å²) >= 11 is 0. The van der Waals surface area contributed by atoms with E-state index in [0.29, 0.717) is 18.9 Å². The third-order valence-electron chi connectivity index (χ3n) is 10.3. The highest BCUT2D eigenvalue weighted by molar-refractivity contribution is 5.21. The molecule has 0 radical (unpaired) electrons. The van der Waals surface area contributed by atoms with Crippen molar-refractivity contribution in [3.63, 3.8) is 0 Å². The largest absolute Gasteiger partial charge is 0.393 e. The number of ether oxygens (including phenoxy) is 2. The monoisotopic (exact) mass is 394 g/mol. The molecule has 160 valence electrons. The maximum absolute atomic E-state index is 11.4.